The first kappa shape index (κ1) is 18.6. The van der Waals surface area contributed by atoms with E-state index < -0.39 is 0 Å². The second kappa shape index (κ2) is 11.0. The van der Waals surface area contributed by atoms with E-state index in [2.05, 4.69) is 37.8 Å². The molecule has 0 nitrogen and oxygen atoms in total. The summed E-state index contributed by atoms with van der Waals surface area (Å²) in [4.78, 5) is 0. The highest BCUT2D eigenvalue weighted by Gasteiger charge is 2.19. The minimum atomic E-state index is 0.679. The average molecular weight is 315 g/mol. The van der Waals surface area contributed by atoms with Gasteiger partial charge in [-0.3, -0.25) is 0 Å². The number of unbranched alkanes of at least 4 members (excludes halogenated alkanes) is 2. The predicted octanol–water partition coefficient (Wildman–Crippen LogP) is 7.15. The Hall–Kier alpha value is -0.700. The molecule has 2 rings (SSSR count). The molecule has 0 N–H and O–H groups in total. The maximum absolute atomic E-state index is 3.53. The second-order valence-electron chi connectivity index (χ2n) is 8.05. The molecule has 23 heavy (non-hydrogen) atoms. The molecule has 0 heteroatoms. The van der Waals surface area contributed by atoms with E-state index in [4.69, 9.17) is 0 Å². The lowest BCUT2D eigenvalue weighted by atomic mass is 9.80. The fraction of sp³-hybridized carbons (Fsp3) is 0.826. The van der Waals surface area contributed by atoms with Crippen molar-refractivity contribution in [3.8, 4) is 11.8 Å². The Kier molecular flexibility index (Phi) is 8.88. The van der Waals surface area contributed by atoms with Crippen molar-refractivity contribution in [2.45, 2.75) is 97.3 Å². The molecule has 0 atom stereocenters. The molecule has 0 bridgehead atoms. The Bertz CT molecular complexity index is 378. The molecule has 0 unspecified atom stereocenters. The number of hydrogen-bond donors (Lipinski definition) is 0. The Morgan fingerprint density at radius 1 is 0.826 bits per heavy atom. The molecule has 0 heterocycles. The number of allylic oxidation sites excluding steroid dienone is 2. The van der Waals surface area contributed by atoms with E-state index in [1.807, 2.05) is 0 Å². The predicted molar refractivity (Wildman–Crippen MR) is 102 cm³/mol. The quantitative estimate of drug-likeness (QED) is 0.361. The van der Waals surface area contributed by atoms with Crippen LogP contribution in [0.1, 0.15) is 97.3 Å². The van der Waals surface area contributed by atoms with Gasteiger partial charge in [-0.05, 0) is 75.2 Å². The van der Waals surface area contributed by atoms with Gasteiger partial charge in [0.15, 0.2) is 0 Å². The van der Waals surface area contributed by atoms with Gasteiger partial charge in [-0.25, -0.2) is 0 Å². The van der Waals surface area contributed by atoms with E-state index in [0.717, 1.165) is 17.8 Å². The summed E-state index contributed by atoms with van der Waals surface area (Å²) in [5, 5.41) is 0. The molecule has 0 aromatic carbocycles. The van der Waals surface area contributed by atoms with E-state index in [1.54, 1.807) is 0 Å². The summed E-state index contributed by atoms with van der Waals surface area (Å²) in [6, 6.07) is 0. The number of hydrogen-bond acceptors (Lipinski definition) is 0. The molecular weight excluding hydrogens is 276 g/mol. The van der Waals surface area contributed by atoms with Gasteiger partial charge < -0.3 is 0 Å². The minimum Gasteiger partial charge on any atom is -0.0951 e. The maximum atomic E-state index is 3.53. The molecule has 2 aliphatic carbocycles. The van der Waals surface area contributed by atoms with E-state index in [9.17, 15) is 0 Å². The van der Waals surface area contributed by atoms with Crippen LogP contribution < -0.4 is 0 Å². The normalized spacial score (nSPS) is 31.7. The van der Waals surface area contributed by atoms with Crippen molar-refractivity contribution in [1.82, 2.24) is 0 Å². The zero-order valence-electron chi connectivity index (χ0n) is 15.7. The topological polar surface area (TPSA) is 0 Å². The summed E-state index contributed by atoms with van der Waals surface area (Å²) in [6.07, 6.45) is 22.8. The molecule has 0 aromatic heterocycles. The second-order valence-corrected chi connectivity index (χ2v) is 8.05. The SMILES string of the molecule is CCCCC[C@H]1CC[C@H](C#C/C=C/[C@H]2CC[C@H](CC)CC2)CC1. The smallest absolute Gasteiger partial charge is 0.0206 e. The largest absolute Gasteiger partial charge is 0.0951 e. The molecule has 0 saturated heterocycles. The standard InChI is InChI=1S/C23H38/c1-3-5-6-9-21-16-18-23(19-17-21)11-8-7-10-22-14-12-20(4-2)13-15-22/h7,10,20-23H,3-6,9,12-19H2,1-2H3/b10-7+/t20-,21-,22-,23-. The van der Waals surface area contributed by atoms with Gasteiger partial charge in [0.05, 0.1) is 0 Å². The Balaban J connectivity index is 1.61. The van der Waals surface area contributed by atoms with Crippen LogP contribution in [0, 0.1) is 35.5 Å². The monoisotopic (exact) mass is 314 g/mol. The van der Waals surface area contributed by atoms with Crippen LogP contribution in [0.3, 0.4) is 0 Å². The maximum Gasteiger partial charge on any atom is 0.0206 e. The average Bonchev–Trinajstić information content (AvgIpc) is 2.61. The third kappa shape index (κ3) is 7.15. The van der Waals surface area contributed by atoms with Crippen LogP contribution >= 0.6 is 0 Å². The van der Waals surface area contributed by atoms with E-state index in [-0.39, 0.29) is 0 Å². The summed E-state index contributed by atoms with van der Waals surface area (Å²) < 4.78 is 0. The molecule has 0 spiro atoms. The third-order valence-electron chi connectivity index (χ3n) is 6.27. The van der Waals surface area contributed by atoms with Crippen LogP contribution in [-0.2, 0) is 0 Å². The van der Waals surface area contributed by atoms with E-state index in [1.165, 1.54) is 83.5 Å². The van der Waals surface area contributed by atoms with Crippen molar-refractivity contribution in [3.05, 3.63) is 12.2 Å². The van der Waals surface area contributed by atoms with Gasteiger partial charge in [-0.2, -0.15) is 0 Å². The zero-order valence-corrected chi connectivity index (χ0v) is 15.7. The van der Waals surface area contributed by atoms with Gasteiger partial charge in [0.25, 0.3) is 0 Å². The molecule has 0 aliphatic heterocycles. The van der Waals surface area contributed by atoms with Crippen LogP contribution in [-0.4, -0.2) is 0 Å². The van der Waals surface area contributed by atoms with Gasteiger partial charge in [-0.1, -0.05) is 63.9 Å². The van der Waals surface area contributed by atoms with Gasteiger partial charge in [-0.15, -0.1) is 0 Å². The lowest BCUT2D eigenvalue weighted by Crippen LogP contribution is -2.13. The molecule has 2 fully saturated rings. The molecule has 130 valence electrons. The van der Waals surface area contributed by atoms with Crippen LogP contribution in [0.4, 0.5) is 0 Å². The van der Waals surface area contributed by atoms with Crippen molar-refractivity contribution >= 4 is 0 Å². The zero-order chi connectivity index (χ0) is 16.3. The van der Waals surface area contributed by atoms with Gasteiger partial charge in [0.2, 0.25) is 0 Å². The summed E-state index contributed by atoms with van der Waals surface area (Å²) in [5.41, 5.74) is 0. The van der Waals surface area contributed by atoms with Gasteiger partial charge in [0.1, 0.15) is 0 Å². The third-order valence-corrected chi connectivity index (χ3v) is 6.27. The first-order valence-electron chi connectivity index (χ1n) is 10.5. The van der Waals surface area contributed by atoms with Crippen molar-refractivity contribution in [2.24, 2.45) is 23.7 Å². The molecular formula is C23H38. The van der Waals surface area contributed by atoms with Crippen molar-refractivity contribution in [1.29, 1.82) is 0 Å². The molecule has 0 aromatic rings. The highest BCUT2D eigenvalue weighted by Crippen LogP contribution is 2.32. The van der Waals surface area contributed by atoms with Gasteiger partial charge >= 0.3 is 0 Å². The Morgan fingerprint density at radius 2 is 1.52 bits per heavy atom. The first-order valence-corrected chi connectivity index (χ1v) is 10.5. The highest BCUT2D eigenvalue weighted by molar-refractivity contribution is 5.18. The fourth-order valence-corrected chi connectivity index (χ4v) is 4.42. The van der Waals surface area contributed by atoms with Crippen molar-refractivity contribution in [3.63, 3.8) is 0 Å². The molecule has 2 aliphatic rings. The summed E-state index contributed by atoms with van der Waals surface area (Å²) in [7, 11) is 0. The van der Waals surface area contributed by atoms with Crippen LogP contribution in [0.5, 0.6) is 0 Å². The van der Waals surface area contributed by atoms with Crippen molar-refractivity contribution < 1.29 is 0 Å². The highest BCUT2D eigenvalue weighted by atomic mass is 14.2. The lowest BCUT2D eigenvalue weighted by Gasteiger charge is -2.25. The van der Waals surface area contributed by atoms with Crippen LogP contribution in [0.2, 0.25) is 0 Å². The minimum absolute atomic E-state index is 0.679. The molecule has 2 saturated carbocycles. The van der Waals surface area contributed by atoms with Crippen LogP contribution in [0.15, 0.2) is 12.2 Å². The van der Waals surface area contributed by atoms with E-state index in [0.29, 0.717) is 5.92 Å². The lowest BCUT2D eigenvalue weighted by molar-refractivity contribution is 0.294. The Labute approximate surface area is 145 Å². The summed E-state index contributed by atoms with van der Waals surface area (Å²) in [5.74, 6) is 10.4. The summed E-state index contributed by atoms with van der Waals surface area (Å²) in [6.45, 7) is 4.64. The molecule has 0 amide bonds. The number of rotatable bonds is 6. The van der Waals surface area contributed by atoms with E-state index >= 15 is 0 Å². The first-order chi connectivity index (χ1) is 11.3. The van der Waals surface area contributed by atoms with Gasteiger partial charge in [0, 0.05) is 5.92 Å². The fourth-order valence-electron chi connectivity index (χ4n) is 4.42. The summed E-state index contributed by atoms with van der Waals surface area (Å²) >= 11 is 0. The molecule has 0 radical (unpaired) electrons. The van der Waals surface area contributed by atoms with Crippen molar-refractivity contribution in [2.75, 3.05) is 0 Å². The van der Waals surface area contributed by atoms with Crippen LogP contribution in [0.25, 0.3) is 0 Å². The Morgan fingerprint density at radius 3 is 2.17 bits per heavy atom.